The van der Waals surface area contributed by atoms with E-state index in [-0.39, 0.29) is 31.5 Å². The Morgan fingerprint density at radius 3 is 2.06 bits per heavy atom. The second-order valence-corrected chi connectivity index (χ2v) is 7.02. The second-order valence-electron chi connectivity index (χ2n) is 7.02. The Balaban J connectivity index is 0.000000172. The Morgan fingerprint density at radius 2 is 1.36 bits per heavy atom. The van der Waals surface area contributed by atoms with Gasteiger partial charge in [-0.25, -0.2) is 4.39 Å². The monoisotopic (exact) mass is 609 g/mol. The van der Waals surface area contributed by atoms with Gasteiger partial charge in [0.25, 0.3) is 0 Å². The Kier molecular flexibility index (Phi) is 7.04. The quantitative estimate of drug-likeness (QED) is 0.196. The van der Waals surface area contributed by atoms with E-state index in [1.54, 1.807) is 18.5 Å². The SMILES string of the molecule is Fc1cccc2c1oc1c(-c3ccccn3)[c-]ccc12.[Ir].[c-]1ccccc1-c1ccccn1. The minimum Gasteiger partial charge on any atom is -0.498 e. The van der Waals surface area contributed by atoms with E-state index in [1.807, 2.05) is 78.9 Å². The molecule has 0 aliphatic carbocycles. The summed E-state index contributed by atoms with van der Waals surface area (Å²) in [7, 11) is 0. The van der Waals surface area contributed by atoms with Crippen LogP contribution in [0.2, 0.25) is 0 Å². The third kappa shape index (κ3) is 4.75. The zero-order valence-corrected chi connectivity index (χ0v) is 19.7. The fraction of sp³-hybridized carbons (Fsp3) is 0. The fourth-order valence-electron chi connectivity index (χ4n) is 3.50. The summed E-state index contributed by atoms with van der Waals surface area (Å²) >= 11 is 0. The summed E-state index contributed by atoms with van der Waals surface area (Å²) in [5, 5.41) is 1.64. The number of hydrogen-bond acceptors (Lipinski definition) is 3. The molecule has 3 aromatic heterocycles. The van der Waals surface area contributed by atoms with Crippen molar-refractivity contribution in [3.05, 3.63) is 121 Å². The summed E-state index contributed by atoms with van der Waals surface area (Å²) < 4.78 is 19.6. The van der Waals surface area contributed by atoms with Gasteiger partial charge in [0.05, 0.1) is 5.58 Å². The zero-order chi connectivity index (χ0) is 21.8. The number of pyridine rings is 2. The van der Waals surface area contributed by atoms with Crippen LogP contribution in [0, 0.1) is 17.9 Å². The van der Waals surface area contributed by atoms with Crippen molar-refractivity contribution in [3.63, 3.8) is 0 Å². The number of rotatable bonds is 2. The predicted octanol–water partition coefficient (Wildman–Crippen LogP) is 7.13. The van der Waals surface area contributed by atoms with Crippen LogP contribution in [-0.2, 0) is 20.1 Å². The molecule has 6 rings (SSSR count). The number of para-hydroxylation sites is 1. The molecule has 0 saturated carbocycles. The number of halogens is 1. The van der Waals surface area contributed by atoms with Gasteiger partial charge in [-0.15, -0.1) is 54.1 Å². The molecule has 0 amide bonds. The van der Waals surface area contributed by atoms with Crippen molar-refractivity contribution in [1.82, 2.24) is 9.97 Å². The molecule has 0 unspecified atom stereocenters. The molecule has 3 heterocycles. The molecule has 5 heteroatoms. The first-order valence-corrected chi connectivity index (χ1v) is 10.1. The van der Waals surface area contributed by atoms with Crippen LogP contribution in [0.15, 0.2) is 108 Å². The molecule has 33 heavy (non-hydrogen) atoms. The van der Waals surface area contributed by atoms with Crippen molar-refractivity contribution >= 4 is 21.9 Å². The van der Waals surface area contributed by atoms with Crippen LogP contribution in [0.25, 0.3) is 44.5 Å². The average Bonchev–Trinajstić information content (AvgIpc) is 3.26. The smallest absolute Gasteiger partial charge is 0.165 e. The van der Waals surface area contributed by atoms with Crippen LogP contribution in [0.5, 0.6) is 0 Å². The number of benzene rings is 3. The second kappa shape index (κ2) is 10.3. The number of hydrogen-bond donors (Lipinski definition) is 0. The van der Waals surface area contributed by atoms with E-state index in [4.69, 9.17) is 4.42 Å². The zero-order valence-electron chi connectivity index (χ0n) is 17.3. The summed E-state index contributed by atoms with van der Waals surface area (Å²) in [6.07, 6.45) is 3.50. The molecule has 1 radical (unpaired) electrons. The van der Waals surface area contributed by atoms with E-state index in [1.165, 1.54) is 6.07 Å². The number of fused-ring (bicyclic) bond motifs is 3. The molecule has 0 atom stereocenters. The number of furan rings is 1. The van der Waals surface area contributed by atoms with Crippen LogP contribution < -0.4 is 0 Å². The van der Waals surface area contributed by atoms with Gasteiger partial charge in [0, 0.05) is 37.9 Å². The van der Waals surface area contributed by atoms with Crippen molar-refractivity contribution in [2.24, 2.45) is 0 Å². The molecule has 0 bridgehead atoms. The van der Waals surface area contributed by atoms with Gasteiger partial charge in [0.15, 0.2) is 11.4 Å². The third-order valence-corrected chi connectivity index (χ3v) is 4.98. The molecule has 0 N–H and O–H groups in total. The molecule has 0 saturated heterocycles. The third-order valence-electron chi connectivity index (χ3n) is 4.98. The molecule has 0 fully saturated rings. The topological polar surface area (TPSA) is 38.9 Å². The molecule has 0 spiro atoms. The van der Waals surface area contributed by atoms with Gasteiger partial charge in [0.2, 0.25) is 0 Å². The summed E-state index contributed by atoms with van der Waals surface area (Å²) in [6, 6.07) is 34.2. The molecule has 3 nitrogen and oxygen atoms in total. The normalized spacial score (nSPS) is 10.3. The predicted molar refractivity (Wildman–Crippen MR) is 124 cm³/mol. The number of nitrogens with zero attached hydrogens (tertiary/aromatic N) is 2. The summed E-state index contributed by atoms with van der Waals surface area (Å²) in [6.45, 7) is 0. The largest absolute Gasteiger partial charge is 0.498 e. The minimum absolute atomic E-state index is 0. The maximum Gasteiger partial charge on any atom is 0.165 e. The molecular formula is C28H17FIrN2O-2. The van der Waals surface area contributed by atoms with Crippen LogP contribution in [0.3, 0.4) is 0 Å². The van der Waals surface area contributed by atoms with Crippen LogP contribution in [-0.4, -0.2) is 9.97 Å². The molecule has 163 valence electrons. The van der Waals surface area contributed by atoms with Gasteiger partial charge >= 0.3 is 0 Å². The molecule has 0 aliphatic rings. The van der Waals surface area contributed by atoms with E-state index in [0.29, 0.717) is 5.58 Å². The van der Waals surface area contributed by atoms with E-state index in [9.17, 15) is 4.39 Å². The van der Waals surface area contributed by atoms with Gasteiger partial charge < -0.3 is 14.4 Å². The first-order valence-electron chi connectivity index (χ1n) is 10.1. The average molecular weight is 609 g/mol. The first-order chi connectivity index (χ1) is 15.8. The Bertz CT molecular complexity index is 1430. The maximum atomic E-state index is 13.8. The van der Waals surface area contributed by atoms with Crippen LogP contribution >= 0.6 is 0 Å². The van der Waals surface area contributed by atoms with Gasteiger partial charge in [-0.2, -0.15) is 0 Å². The molecular weight excluding hydrogens is 592 g/mol. The molecule has 6 aromatic rings. The number of aromatic nitrogens is 2. The fourth-order valence-corrected chi connectivity index (χ4v) is 3.50. The van der Waals surface area contributed by atoms with Crippen molar-refractivity contribution < 1.29 is 28.9 Å². The van der Waals surface area contributed by atoms with E-state index in [0.717, 1.165) is 33.3 Å². The Morgan fingerprint density at radius 1 is 0.636 bits per heavy atom. The molecule has 0 aliphatic heterocycles. The van der Waals surface area contributed by atoms with Crippen molar-refractivity contribution in [3.8, 4) is 22.5 Å². The van der Waals surface area contributed by atoms with E-state index in [2.05, 4.69) is 22.1 Å². The van der Waals surface area contributed by atoms with E-state index < -0.39 is 0 Å². The van der Waals surface area contributed by atoms with Crippen molar-refractivity contribution in [2.45, 2.75) is 0 Å². The van der Waals surface area contributed by atoms with Crippen molar-refractivity contribution in [1.29, 1.82) is 0 Å². The van der Waals surface area contributed by atoms with Crippen molar-refractivity contribution in [2.75, 3.05) is 0 Å². The summed E-state index contributed by atoms with van der Waals surface area (Å²) in [4.78, 5) is 8.52. The summed E-state index contributed by atoms with van der Waals surface area (Å²) in [5.74, 6) is -0.356. The Labute approximate surface area is 204 Å². The molecule has 3 aromatic carbocycles. The van der Waals surface area contributed by atoms with Gasteiger partial charge in [0.1, 0.15) is 0 Å². The maximum absolute atomic E-state index is 13.8. The van der Waals surface area contributed by atoms with Crippen LogP contribution in [0.1, 0.15) is 0 Å². The summed E-state index contributed by atoms with van der Waals surface area (Å²) in [5.41, 5.74) is 4.41. The van der Waals surface area contributed by atoms with E-state index >= 15 is 0 Å². The Hall–Kier alpha value is -3.66. The van der Waals surface area contributed by atoms with Gasteiger partial charge in [-0.1, -0.05) is 47.3 Å². The minimum atomic E-state index is -0.356. The van der Waals surface area contributed by atoms with Crippen LogP contribution in [0.4, 0.5) is 4.39 Å². The standard InChI is InChI=1S/C17H9FNO.C11H8N.Ir/c18-14-8-4-6-12-11-5-3-7-13(16(11)20-17(12)14)15-9-1-2-10-19-15;1-2-6-10(7-3-1)11-8-4-5-9-12-11;/h1-6,8-10H;1-6,8-9H;/q2*-1;. The van der Waals surface area contributed by atoms with Gasteiger partial charge in [-0.05, 0) is 29.6 Å². The first kappa shape index (κ1) is 22.5. The van der Waals surface area contributed by atoms with Gasteiger partial charge in [-0.3, -0.25) is 0 Å².